The topological polar surface area (TPSA) is 88.0 Å². The fourth-order valence-electron chi connectivity index (χ4n) is 1.86. The Morgan fingerprint density at radius 3 is 2.90 bits per heavy atom. The van der Waals surface area contributed by atoms with Gasteiger partial charge in [-0.2, -0.15) is 0 Å². The van der Waals surface area contributed by atoms with E-state index in [1.165, 1.54) is 0 Å². The normalized spacial score (nSPS) is 26.1. The summed E-state index contributed by atoms with van der Waals surface area (Å²) in [6.07, 6.45) is -2.05. The lowest BCUT2D eigenvalue weighted by atomic mass is 10.0. The Hall–Kier alpha value is -1.34. The molecule has 0 aromatic heterocycles. The molecule has 1 amide bonds. The van der Waals surface area contributed by atoms with Crippen molar-refractivity contribution in [1.82, 2.24) is 5.32 Å². The SMILES string of the molecule is O=C(COc1ccccc1Cl)N[C@@H]1COC[C@@H](O)[C@H]1O. The van der Waals surface area contributed by atoms with E-state index in [0.717, 1.165) is 0 Å². The van der Waals surface area contributed by atoms with Crippen LogP contribution in [-0.4, -0.2) is 54.2 Å². The van der Waals surface area contributed by atoms with Crippen LogP contribution in [0.1, 0.15) is 0 Å². The second-order valence-electron chi connectivity index (χ2n) is 4.49. The summed E-state index contributed by atoms with van der Waals surface area (Å²) < 4.78 is 10.3. The van der Waals surface area contributed by atoms with Crippen LogP contribution in [0, 0.1) is 0 Å². The fraction of sp³-hybridized carbons (Fsp3) is 0.462. The number of benzene rings is 1. The van der Waals surface area contributed by atoms with Gasteiger partial charge in [-0.1, -0.05) is 23.7 Å². The molecule has 1 aliphatic rings. The summed E-state index contributed by atoms with van der Waals surface area (Å²) in [5.74, 6) is -0.0172. The maximum Gasteiger partial charge on any atom is 0.258 e. The van der Waals surface area contributed by atoms with Crippen molar-refractivity contribution < 1.29 is 24.5 Å². The highest BCUT2D eigenvalue weighted by Crippen LogP contribution is 2.22. The fourth-order valence-corrected chi connectivity index (χ4v) is 2.05. The molecule has 1 aromatic rings. The van der Waals surface area contributed by atoms with E-state index in [0.29, 0.717) is 10.8 Å². The largest absolute Gasteiger partial charge is 0.482 e. The average molecular weight is 302 g/mol. The molecule has 20 heavy (non-hydrogen) atoms. The molecular weight excluding hydrogens is 286 g/mol. The number of halogens is 1. The molecule has 0 spiro atoms. The summed E-state index contributed by atoms with van der Waals surface area (Å²) in [5.41, 5.74) is 0. The standard InChI is InChI=1S/C13H16ClNO5/c14-8-3-1-2-4-11(8)20-7-12(17)15-9-5-19-6-10(16)13(9)18/h1-4,9-10,13,16,18H,5-7H2,(H,15,17)/t9-,10-,13+/m1/s1. The summed E-state index contributed by atoms with van der Waals surface area (Å²) >= 11 is 5.89. The van der Waals surface area contributed by atoms with Crippen LogP contribution in [0.4, 0.5) is 0 Å². The molecule has 3 atom stereocenters. The van der Waals surface area contributed by atoms with E-state index in [4.69, 9.17) is 21.1 Å². The zero-order valence-corrected chi connectivity index (χ0v) is 11.4. The summed E-state index contributed by atoms with van der Waals surface area (Å²) in [4.78, 5) is 11.7. The van der Waals surface area contributed by atoms with Gasteiger partial charge >= 0.3 is 0 Å². The molecule has 7 heteroatoms. The van der Waals surface area contributed by atoms with Gasteiger partial charge in [0.05, 0.1) is 24.3 Å². The molecule has 1 heterocycles. The van der Waals surface area contributed by atoms with Crippen molar-refractivity contribution in [2.45, 2.75) is 18.2 Å². The third-order valence-corrected chi connectivity index (χ3v) is 3.25. The summed E-state index contributed by atoms with van der Waals surface area (Å²) in [6.45, 7) is -0.0250. The van der Waals surface area contributed by atoms with E-state index in [1.807, 2.05) is 0 Å². The minimum Gasteiger partial charge on any atom is -0.482 e. The van der Waals surface area contributed by atoms with Gasteiger partial charge < -0.3 is 25.0 Å². The van der Waals surface area contributed by atoms with E-state index in [-0.39, 0.29) is 19.8 Å². The van der Waals surface area contributed by atoms with Gasteiger partial charge in [0, 0.05) is 0 Å². The maximum absolute atomic E-state index is 11.7. The van der Waals surface area contributed by atoms with Gasteiger partial charge in [0.25, 0.3) is 5.91 Å². The first kappa shape index (κ1) is 15.1. The first-order chi connectivity index (χ1) is 9.58. The van der Waals surface area contributed by atoms with Crippen molar-refractivity contribution in [3.63, 3.8) is 0 Å². The van der Waals surface area contributed by atoms with Gasteiger partial charge in [-0.05, 0) is 12.1 Å². The predicted octanol–water partition coefficient (Wildman–Crippen LogP) is -0.0444. The molecule has 1 aromatic carbocycles. The number of nitrogens with one attached hydrogen (secondary N) is 1. The van der Waals surface area contributed by atoms with Gasteiger partial charge in [0.15, 0.2) is 6.61 Å². The smallest absolute Gasteiger partial charge is 0.258 e. The van der Waals surface area contributed by atoms with E-state index in [9.17, 15) is 15.0 Å². The first-order valence-corrected chi connectivity index (χ1v) is 6.56. The molecule has 1 fully saturated rings. The van der Waals surface area contributed by atoms with E-state index in [2.05, 4.69) is 5.32 Å². The predicted molar refractivity (Wildman–Crippen MR) is 71.7 cm³/mol. The average Bonchev–Trinajstić information content (AvgIpc) is 2.43. The third-order valence-electron chi connectivity index (χ3n) is 2.93. The van der Waals surface area contributed by atoms with Crippen molar-refractivity contribution in [2.75, 3.05) is 19.8 Å². The molecule has 2 rings (SSSR count). The van der Waals surface area contributed by atoms with E-state index < -0.39 is 24.2 Å². The van der Waals surface area contributed by atoms with Crippen LogP contribution in [-0.2, 0) is 9.53 Å². The highest BCUT2D eigenvalue weighted by Gasteiger charge is 2.32. The van der Waals surface area contributed by atoms with Crippen LogP contribution >= 0.6 is 11.6 Å². The molecule has 6 nitrogen and oxygen atoms in total. The molecule has 110 valence electrons. The lowest BCUT2D eigenvalue weighted by molar-refractivity contribution is -0.133. The maximum atomic E-state index is 11.7. The third kappa shape index (κ3) is 3.83. The number of hydrogen-bond acceptors (Lipinski definition) is 5. The number of ether oxygens (including phenoxy) is 2. The van der Waals surface area contributed by atoms with Gasteiger partial charge in [0.1, 0.15) is 18.0 Å². The van der Waals surface area contributed by atoms with Crippen LogP contribution in [0.2, 0.25) is 5.02 Å². The molecule has 0 aliphatic carbocycles. The molecule has 3 N–H and O–H groups in total. The Balaban J connectivity index is 1.82. The molecule has 0 radical (unpaired) electrons. The van der Waals surface area contributed by atoms with Gasteiger partial charge in [-0.15, -0.1) is 0 Å². The van der Waals surface area contributed by atoms with Crippen LogP contribution in [0.15, 0.2) is 24.3 Å². The second-order valence-corrected chi connectivity index (χ2v) is 4.90. The molecule has 0 saturated carbocycles. The monoisotopic (exact) mass is 301 g/mol. The number of aliphatic hydroxyl groups is 2. The Kier molecular flexibility index (Phi) is 5.19. The van der Waals surface area contributed by atoms with Crippen LogP contribution in [0.25, 0.3) is 0 Å². The number of para-hydroxylation sites is 1. The van der Waals surface area contributed by atoms with Crippen molar-refractivity contribution in [2.24, 2.45) is 0 Å². The van der Waals surface area contributed by atoms with Gasteiger partial charge in [-0.3, -0.25) is 4.79 Å². The van der Waals surface area contributed by atoms with Gasteiger partial charge in [0.2, 0.25) is 0 Å². The zero-order valence-electron chi connectivity index (χ0n) is 10.7. The number of carbonyl (C=O) groups excluding carboxylic acids is 1. The van der Waals surface area contributed by atoms with E-state index in [1.54, 1.807) is 24.3 Å². The lowest BCUT2D eigenvalue weighted by Crippen LogP contribution is -2.56. The molecule has 1 aliphatic heterocycles. The number of rotatable bonds is 4. The van der Waals surface area contributed by atoms with Crippen molar-refractivity contribution in [3.8, 4) is 5.75 Å². The van der Waals surface area contributed by atoms with Crippen LogP contribution in [0.5, 0.6) is 5.75 Å². The van der Waals surface area contributed by atoms with Crippen molar-refractivity contribution in [3.05, 3.63) is 29.3 Å². The molecule has 0 unspecified atom stereocenters. The van der Waals surface area contributed by atoms with Crippen LogP contribution < -0.4 is 10.1 Å². The molecule has 1 saturated heterocycles. The minimum absolute atomic E-state index is 0.0592. The first-order valence-electron chi connectivity index (χ1n) is 6.18. The van der Waals surface area contributed by atoms with Crippen molar-refractivity contribution in [1.29, 1.82) is 0 Å². The summed E-state index contributed by atoms with van der Waals surface area (Å²) in [5, 5.41) is 22.1. The van der Waals surface area contributed by atoms with Gasteiger partial charge in [-0.25, -0.2) is 0 Å². The number of carbonyl (C=O) groups is 1. The highest BCUT2D eigenvalue weighted by molar-refractivity contribution is 6.32. The highest BCUT2D eigenvalue weighted by atomic mass is 35.5. The Morgan fingerprint density at radius 2 is 2.15 bits per heavy atom. The lowest BCUT2D eigenvalue weighted by Gasteiger charge is -2.32. The quantitative estimate of drug-likeness (QED) is 0.726. The Bertz CT molecular complexity index is 470. The minimum atomic E-state index is -1.05. The number of aliphatic hydroxyl groups excluding tert-OH is 2. The van der Waals surface area contributed by atoms with E-state index >= 15 is 0 Å². The Morgan fingerprint density at radius 1 is 1.40 bits per heavy atom. The molecule has 0 bridgehead atoms. The zero-order chi connectivity index (χ0) is 14.5. The van der Waals surface area contributed by atoms with Crippen LogP contribution in [0.3, 0.4) is 0 Å². The second kappa shape index (κ2) is 6.90. The Labute approximate surface area is 121 Å². The van der Waals surface area contributed by atoms with Crippen molar-refractivity contribution >= 4 is 17.5 Å². The number of amides is 1. The molecular formula is C13H16ClNO5. The number of hydrogen-bond donors (Lipinski definition) is 3. The summed E-state index contributed by atoms with van der Waals surface area (Å²) in [7, 11) is 0. The summed E-state index contributed by atoms with van der Waals surface area (Å²) in [6, 6.07) is 6.16.